The van der Waals surface area contributed by atoms with Crippen LogP contribution in [0.2, 0.25) is 0 Å². The smallest absolute Gasteiger partial charge is 0.281 e. The average Bonchev–Trinajstić information content (AvgIpc) is 3.46. The molecule has 0 bridgehead atoms. The number of aryl methyl sites for hydroxylation is 2. The highest BCUT2D eigenvalue weighted by Gasteiger charge is 2.31. The third kappa shape index (κ3) is 5.65. The van der Waals surface area contributed by atoms with Gasteiger partial charge in [-0.25, -0.2) is 13.1 Å². The topological polar surface area (TPSA) is 105 Å². The maximum absolute atomic E-state index is 13.8. The summed E-state index contributed by atoms with van der Waals surface area (Å²) in [6.45, 7) is 11.5. The van der Waals surface area contributed by atoms with E-state index in [1.54, 1.807) is 0 Å². The minimum Gasteiger partial charge on any atom is -0.313 e. The van der Waals surface area contributed by atoms with Gasteiger partial charge in [-0.1, -0.05) is 13.8 Å². The Bertz CT molecular complexity index is 1520. The van der Waals surface area contributed by atoms with Gasteiger partial charge in [-0.15, -0.1) is 11.3 Å². The van der Waals surface area contributed by atoms with Crippen LogP contribution in [0.3, 0.4) is 0 Å². The molecule has 9 nitrogen and oxygen atoms in total. The number of amides is 1. The van der Waals surface area contributed by atoms with Gasteiger partial charge < -0.3 is 5.32 Å². The predicted octanol–water partition coefficient (Wildman–Crippen LogP) is 4.69. The van der Waals surface area contributed by atoms with Crippen LogP contribution in [0.15, 0.2) is 35.2 Å². The fourth-order valence-electron chi connectivity index (χ4n) is 5.69. The summed E-state index contributed by atoms with van der Waals surface area (Å²) in [4.78, 5) is 30.8. The molecule has 5 rings (SSSR count). The Morgan fingerprint density at radius 1 is 1.15 bits per heavy atom. The zero-order chi connectivity index (χ0) is 28.6. The number of nitrogens with one attached hydrogen (secondary N) is 1. The van der Waals surface area contributed by atoms with Gasteiger partial charge >= 0.3 is 0 Å². The number of hydrogen-bond acceptors (Lipinski definition) is 7. The number of rotatable bonds is 7. The zero-order valence-electron chi connectivity index (χ0n) is 23.6. The lowest BCUT2D eigenvalue weighted by molar-refractivity contribution is 0.0942. The van der Waals surface area contributed by atoms with Crippen LogP contribution >= 0.6 is 11.3 Å². The fourth-order valence-corrected chi connectivity index (χ4v) is 8.56. The van der Waals surface area contributed by atoms with E-state index in [0.717, 1.165) is 67.1 Å². The Morgan fingerprint density at radius 3 is 2.55 bits per heavy atom. The minimum absolute atomic E-state index is 0.182. The van der Waals surface area contributed by atoms with E-state index in [0.29, 0.717) is 35.1 Å². The van der Waals surface area contributed by atoms with Crippen LogP contribution in [-0.2, 0) is 23.0 Å². The summed E-state index contributed by atoms with van der Waals surface area (Å²) in [5, 5.41) is 7.88. The van der Waals surface area contributed by atoms with E-state index in [4.69, 9.17) is 0 Å². The number of aromatic nitrogens is 2. The number of anilines is 1. The Morgan fingerprint density at radius 2 is 1.90 bits per heavy atom. The van der Waals surface area contributed by atoms with Crippen molar-refractivity contribution in [1.29, 1.82) is 0 Å². The summed E-state index contributed by atoms with van der Waals surface area (Å²) in [7, 11) is -3.61. The summed E-state index contributed by atoms with van der Waals surface area (Å²) in [6.07, 6.45) is 3.65. The van der Waals surface area contributed by atoms with Crippen LogP contribution in [0.5, 0.6) is 0 Å². The molecule has 2 aliphatic rings. The predicted molar refractivity (Wildman–Crippen MR) is 157 cm³/mol. The van der Waals surface area contributed by atoms with Crippen molar-refractivity contribution in [3.63, 3.8) is 0 Å². The van der Waals surface area contributed by atoms with E-state index in [9.17, 15) is 18.0 Å². The minimum atomic E-state index is -3.61. The summed E-state index contributed by atoms with van der Waals surface area (Å²) in [5.41, 5.74) is 3.29. The van der Waals surface area contributed by atoms with Crippen molar-refractivity contribution >= 4 is 38.2 Å². The SMILES string of the molecule is CCCN1CCc2c(sc(NC(=O)c3ccc(S(=O)(=O)N4CCCC(C)C4)cc3)c2C(=O)n2nc(C)cc2C)C1. The van der Waals surface area contributed by atoms with E-state index in [1.807, 2.05) is 19.9 Å². The molecule has 2 aliphatic heterocycles. The average molecular weight is 584 g/mol. The molecule has 214 valence electrons. The Balaban J connectivity index is 1.42. The summed E-state index contributed by atoms with van der Waals surface area (Å²) >= 11 is 1.44. The number of nitrogens with zero attached hydrogens (tertiary/aromatic N) is 4. The standard InChI is InChI=1S/C29H37N5O4S2/c1-5-13-32-15-12-24-25(18-32)39-28(26(24)29(36)34-21(4)16-20(3)31-34)30-27(35)22-8-10-23(11-9-22)40(37,38)33-14-6-7-19(2)17-33/h8-11,16,19H,5-7,12-15,17-18H2,1-4H3,(H,30,35). The number of fused-ring (bicyclic) bond motifs is 1. The van der Waals surface area contributed by atoms with Crippen molar-refractivity contribution in [2.75, 3.05) is 31.5 Å². The molecule has 0 spiro atoms. The highest BCUT2D eigenvalue weighted by Crippen LogP contribution is 2.38. The number of hydrogen-bond donors (Lipinski definition) is 1. The van der Waals surface area contributed by atoms with Crippen LogP contribution in [-0.4, -0.2) is 65.4 Å². The lowest BCUT2D eigenvalue weighted by Crippen LogP contribution is -2.39. The lowest BCUT2D eigenvalue weighted by atomic mass is 10.0. The van der Waals surface area contributed by atoms with Gasteiger partial charge in [0, 0.05) is 42.3 Å². The molecule has 3 aromatic rings. The van der Waals surface area contributed by atoms with E-state index < -0.39 is 10.0 Å². The molecule has 0 radical (unpaired) electrons. The molecule has 1 N–H and O–H groups in total. The lowest BCUT2D eigenvalue weighted by Gasteiger charge is -2.30. The molecule has 1 atom stereocenters. The Kier molecular flexibility index (Phi) is 8.28. The number of carbonyl (C=O) groups excluding carboxylic acids is 2. The zero-order valence-corrected chi connectivity index (χ0v) is 25.2. The van der Waals surface area contributed by atoms with Crippen LogP contribution < -0.4 is 5.32 Å². The molecule has 2 aromatic heterocycles. The van der Waals surface area contributed by atoms with Crippen molar-refractivity contribution in [1.82, 2.24) is 19.0 Å². The van der Waals surface area contributed by atoms with Crippen molar-refractivity contribution < 1.29 is 18.0 Å². The van der Waals surface area contributed by atoms with Crippen molar-refractivity contribution in [3.8, 4) is 0 Å². The molecule has 11 heteroatoms. The van der Waals surface area contributed by atoms with Gasteiger partial charge in [-0.3, -0.25) is 14.5 Å². The quantitative estimate of drug-likeness (QED) is 0.433. The Hall–Kier alpha value is -2.86. The second-order valence-corrected chi connectivity index (χ2v) is 14.0. The van der Waals surface area contributed by atoms with E-state index in [1.165, 1.54) is 44.6 Å². The summed E-state index contributed by atoms with van der Waals surface area (Å²) < 4.78 is 29.2. The molecule has 1 aromatic carbocycles. The first-order chi connectivity index (χ1) is 19.1. The number of benzene rings is 1. The fraction of sp³-hybridized carbons (Fsp3) is 0.483. The van der Waals surface area contributed by atoms with Crippen LogP contribution in [0, 0.1) is 19.8 Å². The van der Waals surface area contributed by atoms with E-state index >= 15 is 0 Å². The number of carbonyl (C=O) groups is 2. The number of piperidine rings is 1. The summed E-state index contributed by atoms with van der Waals surface area (Å²) in [6, 6.07) is 7.92. The van der Waals surface area contributed by atoms with Gasteiger partial charge in [0.05, 0.1) is 16.2 Å². The Labute approximate surface area is 240 Å². The largest absolute Gasteiger partial charge is 0.313 e. The molecular formula is C29H37N5O4S2. The van der Waals surface area contributed by atoms with Gasteiger partial charge in [-0.2, -0.15) is 9.40 Å². The molecular weight excluding hydrogens is 546 g/mol. The first kappa shape index (κ1) is 28.7. The van der Waals surface area contributed by atoms with Gasteiger partial charge in [0.1, 0.15) is 5.00 Å². The maximum atomic E-state index is 13.8. The second-order valence-electron chi connectivity index (χ2n) is 11.0. The normalized spacial score (nSPS) is 18.4. The van der Waals surface area contributed by atoms with Crippen LogP contribution in [0.4, 0.5) is 5.00 Å². The van der Waals surface area contributed by atoms with E-state index in [-0.39, 0.29) is 16.7 Å². The number of thiophene rings is 1. The first-order valence-electron chi connectivity index (χ1n) is 13.9. The first-order valence-corrected chi connectivity index (χ1v) is 16.2. The maximum Gasteiger partial charge on any atom is 0.281 e. The van der Waals surface area contributed by atoms with Crippen molar-refractivity contribution in [2.24, 2.45) is 5.92 Å². The van der Waals surface area contributed by atoms with Crippen molar-refractivity contribution in [3.05, 3.63) is 63.3 Å². The van der Waals surface area contributed by atoms with Gasteiger partial charge in [0.25, 0.3) is 11.8 Å². The molecule has 1 amide bonds. The van der Waals surface area contributed by atoms with Crippen molar-refractivity contribution in [2.45, 2.75) is 64.8 Å². The molecule has 40 heavy (non-hydrogen) atoms. The molecule has 4 heterocycles. The second kappa shape index (κ2) is 11.6. The molecule has 1 saturated heterocycles. The molecule has 0 saturated carbocycles. The highest BCUT2D eigenvalue weighted by molar-refractivity contribution is 7.89. The third-order valence-electron chi connectivity index (χ3n) is 7.69. The van der Waals surface area contributed by atoms with Gasteiger partial charge in [-0.05, 0) is 87.9 Å². The van der Waals surface area contributed by atoms with Gasteiger partial charge in [0.2, 0.25) is 10.0 Å². The van der Waals surface area contributed by atoms with Crippen LogP contribution in [0.1, 0.15) is 75.7 Å². The van der Waals surface area contributed by atoms with Gasteiger partial charge in [0.15, 0.2) is 0 Å². The van der Waals surface area contributed by atoms with E-state index in [2.05, 4.69) is 29.2 Å². The third-order valence-corrected chi connectivity index (χ3v) is 10.7. The monoisotopic (exact) mass is 583 g/mol. The van der Waals surface area contributed by atoms with Crippen LogP contribution in [0.25, 0.3) is 0 Å². The number of sulfonamides is 1. The molecule has 1 unspecified atom stereocenters. The molecule has 0 aliphatic carbocycles. The molecule has 1 fully saturated rings. The summed E-state index contributed by atoms with van der Waals surface area (Å²) in [5.74, 6) is -0.313. The highest BCUT2D eigenvalue weighted by atomic mass is 32.2.